The van der Waals surface area contributed by atoms with Crippen molar-refractivity contribution < 1.29 is 19.8 Å². The van der Waals surface area contributed by atoms with Crippen molar-refractivity contribution in [3.63, 3.8) is 0 Å². The maximum atomic E-state index is 10.7. The maximum Gasteiger partial charge on any atom is 0.416 e. The summed E-state index contributed by atoms with van der Waals surface area (Å²) < 4.78 is 0.709. The van der Waals surface area contributed by atoms with Crippen molar-refractivity contribution in [2.75, 3.05) is 0 Å². The van der Waals surface area contributed by atoms with Crippen LogP contribution in [0.5, 0.6) is 0 Å². The fourth-order valence-corrected chi connectivity index (χ4v) is 1.16. The second kappa shape index (κ2) is 3.30. The molecule has 13 heavy (non-hydrogen) atoms. The van der Waals surface area contributed by atoms with E-state index in [1.807, 2.05) is 0 Å². The lowest BCUT2D eigenvalue weighted by atomic mass is 10.2. The predicted molar refractivity (Wildman–Crippen MR) is 44.2 cm³/mol. The van der Waals surface area contributed by atoms with Gasteiger partial charge in [-0.05, 0) is 18.1 Å². The van der Waals surface area contributed by atoms with Crippen molar-refractivity contribution in [1.29, 1.82) is 0 Å². The zero-order chi connectivity index (χ0) is 10.0. The molecule has 70 valence electrons. The van der Waals surface area contributed by atoms with Gasteiger partial charge >= 0.3 is 12.1 Å². The standard InChI is InChI=1S/C8H9NO4/c1-2-5-3-4-9(8(12)13)6(5)7(10)11/h3-4H,2H2,1H3,(H,10,11)(H,12,13). The minimum absolute atomic E-state index is 0.171. The van der Waals surface area contributed by atoms with E-state index >= 15 is 0 Å². The number of carboxylic acids is 1. The summed E-state index contributed by atoms with van der Waals surface area (Å²) in [5, 5.41) is 17.4. The van der Waals surface area contributed by atoms with Crippen LogP contribution in [0.25, 0.3) is 0 Å². The molecule has 0 fully saturated rings. The molecule has 1 aromatic heterocycles. The van der Waals surface area contributed by atoms with Gasteiger partial charge in [-0.25, -0.2) is 14.2 Å². The number of nitrogens with zero attached hydrogens (tertiary/aromatic N) is 1. The van der Waals surface area contributed by atoms with Gasteiger partial charge in [0.15, 0.2) is 0 Å². The highest BCUT2D eigenvalue weighted by molar-refractivity contribution is 5.91. The average Bonchev–Trinajstić information content (AvgIpc) is 2.46. The molecule has 0 unspecified atom stereocenters. The van der Waals surface area contributed by atoms with E-state index in [1.165, 1.54) is 12.3 Å². The van der Waals surface area contributed by atoms with Gasteiger partial charge in [0.2, 0.25) is 0 Å². The van der Waals surface area contributed by atoms with Gasteiger partial charge in [0.25, 0.3) is 0 Å². The van der Waals surface area contributed by atoms with E-state index in [4.69, 9.17) is 10.2 Å². The molecule has 0 amide bonds. The molecule has 0 aliphatic heterocycles. The summed E-state index contributed by atoms with van der Waals surface area (Å²) in [6, 6.07) is 1.50. The van der Waals surface area contributed by atoms with Crippen LogP contribution >= 0.6 is 0 Å². The molecule has 1 heterocycles. The first-order valence-electron chi connectivity index (χ1n) is 3.74. The second-order valence-electron chi connectivity index (χ2n) is 2.50. The Balaban J connectivity index is 3.30. The Morgan fingerprint density at radius 3 is 2.46 bits per heavy atom. The number of carboxylic acid groups (broad SMARTS) is 2. The van der Waals surface area contributed by atoms with Gasteiger partial charge in [0.05, 0.1) is 0 Å². The fourth-order valence-electron chi connectivity index (χ4n) is 1.16. The lowest BCUT2D eigenvalue weighted by Gasteiger charge is -2.00. The number of aromatic nitrogens is 1. The summed E-state index contributed by atoms with van der Waals surface area (Å²) in [7, 11) is 0. The molecule has 1 aromatic rings. The normalized spacial score (nSPS) is 9.92. The maximum absolute atomic E-state index is 10.7. The molecule has 0 aromatic carbocycles. The van der Waals surface area contributed by atoms with Gasteiger partial charge in [-0.3, -0.25) is 0 Å². The molecule has 0 radical (unpaired) electrons. The van der Waals surface area contributed by atoms with Crippen molar-refractivity contribution in [2.45, 2.75) is 13.3 Å². The third-order valence-corrected chi connectivity index (χ3v) is 1.76. The average molecular weight is 183 g/mol. The van der Waals surface area contributed by atoms with Crippen LogP contribution < -0.4 is 0 Å². The summed E-state index contributed by atoms with van der Waals surface area (Å²) in [5.41, 5.74) is 0.352. The zero-order valence-electron chi connectivity index (χ0n) is 7.02. The first-order chi connectivity index (χ1) is 6.07. The Kier molecular flexibility index (Phi) is 2.36. The quantitative estimate of drug-likeness (QED) is 0.723. The third kappa shape index (κ3) is 1.53. The second-order valence-corrected chi connectivity index (χ2v) is 2.50. The highest BCUT2D eigenvalue weighted by Gasteiger charge is 2.18. The molecule has 5 heteroatoms. The molecule has 0 spiro atoms. The van der Waals surface area contributed by atoms with Crippen molar-refractivity contribution >= 4 is 12.1 Å². The molecule has 5 nitrogen and oxygen atoms in total. The molecule has 0 aliphatic rings. The van der Waals surface area contributed by atoms with E-state index in [0.29, 0.717) is 16.6 Å². The zero-order valence-corrected chi connectivity index (χ0v) is 7.02. The Bertz CT molecular complexity index is 353. The first-order valence-corrected chi connectivity index (χ1v) is 3.74. The van der Waals surface area contributed by atoms with Gasteiger partial charge in [-0.15, -0.1) is 0 Å². The fraction of sp³-hybridized carbons (Fsp3) is 0.250. The number of hydrogen-bond acceptors (Lipinski definition) is 2. The van der Waals surface area contributed by atoms with Gasteiger partial charge < -0.3 is 10.2 Å². The summed E-state index contributed by atoms with van der Waals surface area (Å²) in [6.07, 6.45) is 0.462. The smallest absolute Gasteiger partial charge is 0.416 e. The third-order valence-electron chi connectivity index (χ3n) is 1.76. The Morgan fingerprint density at radius 2 is 2.08 bits per heavy atom. The molecular formula is C8H9NO4. The minimum atomic E-state index is -1.28. The van der Waals surface area contributed by atoms with Crippen LogP contribution in [0.4, 0.5) is 4.79 Å². The van der Waals surface area contributed by atoms with Gasteiger partial charge in [0, 0.05) is 6.20 Å². The van der Waals surface area contributed by atoms with Crippen molar-refractivity contribution in [2.24, 2.45) is 0 Å². The van der Waals surface area contributed by atoms with Crippen molar-refractivity contribution in [3.8, 4) is 0 Å². The van der Waals surface area contributed by atoms with Crippen LogP contribution in [-0.2, 0) is 6.42 Å². The number of hydrogen-bond donors (Lipinski definition) is 2. The Morgan fingerprint density at radius 1 is 1.46 bits per heavy atom. The summed E-state index contributed by atoms with van der Waals surface area (Å²) in [5.74, 6) is -1.22. The first kappa shape index (κ1) is 9.31. The van der Waals surface area contributed by atoms with E-state index in [1.54, 1.807) is 6.92 Å². The van der Waals surface area contributed by atoms with Crippen LogP contribution in [0.15, 0.2) is 12.3 Å². The van der Waals surface area contributed by atoms with E-state index in [2.05, 4.69) is 0 Å². The lowest BCUT2D eigenvalue weighted by molar-refractivity contribution is 0.0683. The summed E-state index contributed by atoms with van der Waals surface area (Å²) >= 11 is 0. The predicted octanol–water partition coefficient (Wildman–Crippen LogP) is 1.27. The molecule has 0 atom stereocenters. The van der Waals surface area contributed by atoms with Crippen LogP contribution in [0, 0.1) is 0 Å². The van der Waals surface area contributed by atoms with E-state index in [-0.39, 0.29) is 5.69 Å². The SMILES string of the molecule is CCc1ccn(C(=O)O)c1C(=O)O. The number of aromatic carboxylic acids is 1. The van der Waals surface area contributed by atoms with Gasteiger partial charge in [0.1, 0.15) is 5.69 Å². The summed E-state index contributed by atoms with van der Waals surface area (Å²) in [4.78, 5) is 21.2. The van der Waals surface area contributed by atoms with Crippen molar-refractivity contribution in [3.05, 3.63) is 23.5 Å². The number of aryl methyl sites for hydroxylation is 1. The van der Waals surface area contributed by atoms with Crippen LogP contribution in [0.3, 0.4) is 0 Å². The largest absolute Gasteiger partial charge is 0.477 e. The van der Waals surface area contributed by atoms with Gasteiger partial charge in [-0.2, -0.15) is 0 Å². The molecule has 0 aliphatic carbocycles. The van der Waals surface area contributed by atoms with E-state index in [9.17, 15) is 9.59 Å². The monoisotopic (exact) mass is 183 g/mol. The number of rotatable bonds is 2. The molecular weight excluding hydrogens is 174 g/mol. The minimum Gasteiger partial charge on any atom is -0.477 e. The van der Waals surface area contributed by atoms with Crippen LogP contribution in [-0.4, -0.2) is 26.8 Å². The van der Waals surface area contributed by atoms with Crippen LogP contribution in [0.2, 0.25) is 0 Å². The summed E-state index contributed by atoms with van der Waals surface area (Å²) in [6.45, 7) is 1.77. The Hall–Kier alpha value is -1.78. The highest BCUT2D eigenvalue weighted by atomic mass is 16.4. The molecule has 0 bridgehead atoms. The molecule has 1 rings (SSSR count). The van der Waals surface area contributed by atoms with Crippen molar-refractivity contribution in [1.82, 2.24) is 4.57 Å². The highest BCUT2D eigenvalue weighted by Crippen LogP contribution is 2.11. The van der Waals surface area contributed by atoms with Gasteiger partial charge in [-0.1, -0.05) is 6.92 Å². The van der Waals surface area contributed by atoms with E-state index in [0.717, 1.165) is 0 Å². The van der Waals surface area contributed by atoms with E-state index < -0.39 is 12.1 Å². The van der Waals surface area contributed by atoms with Crippen LogP contribution in [0.1, 0.15) is 23.0 Å². The molecule has 0 saturated carbocycles. The molecule has 2 N–H and O–H groups in total. The molecule has 0 saturated heterocycles. The Labute approximate surface area is 74.2 Å². The lowest BCUT2D eigenvalue weighted by Crippen LogP contribution is -2.15. The topological polar surface area (TPSA) is 79.5 Å². The number of carbonyl (C=O) groups is 2.